The van der Waals surface area contributed by atoms with Gasteiger partial charge in [0.15, 0.2) is 0 Å². The Hall–Kier alpha value is -2.78. The highest BCUT2D eigenvalue weighted by Gasteiger charge is 2.31. The maximum absolute atomic E-state index is 13.2. The van der Waals surface area contributed by atoms with Crippen LogP contribution in [0.5, 0.6) is 0 Å². The summed E-state index contributed by atoms with van der Waals surface area (Å²) in [6, 6.07) is 5.20. The van der Waals surface area contributed by atoms with Gasteiger partial charge in [0, 0.05) is 41.7 Å². The second-order valence-corrected chi connectivity index (χ2v) is 9.56. The van der Waals surface area contributed by atoms with Crippen molar-refractivity contribution in [2.24, 2.45) is 5.92 Å². The molecule has 0 aliphatic carbocycles. The van der Waals surface area contributed by atoms with Crippen molar-refractivity contribution in [1.29, 1.82) is 0 Å². The number of fused-ring (bicyclic) bond motifs is 1. The first-order chi connectivity index (χ1) is 16.4. The van der Waals surface area contributed by atoms with Gasteiger partial charge < -0.3 is 10.0 Å². The third-order valence-electron chi connectivity index (χ3n) is 6.28. The Balaban J connectivity index is 1.58. The minimum atomic E-state index is -4.47. The van der Waals surface area contributed by atoms with Crippen LogP contribution >= 0.6 is 23.2 Å². The van der Waals surface area contributed by atoms with Crippen LogP contribution in [-0.4, -0.2) is 44.8 Å². The van der Waals surface area contributed by atoms with Gasteiger partial charge in [-0.15, -0.1) is 0 Å². The smallest absolute Gasteiger partial charge is 0.416 e. The third kappa shape index (κ3) is 5.41. The highest BCUT2D eigenvalue weighted by atomic mass is 35.5. The predicted octanol–water partition coefficient (Wildman–Crippen LogP) is 6.05. The lowest BCUT2D eigenvalue weighted by atomic mass is 9.93. The second-order valence-electron chi connectivity index (χ2n) is 8.78. The van der Waals surface area contributed by atoms with E-state index in [9.17, 15) is 22.8 Å². The number of amides is 1. The molecule has 0 atom stereocenters. The number of halogens is 5. The molecule has 1 aliphatic heterocycles. The van der Waals surface area contributed by atoms with Crippen LogP contribution in [0.4, 0.5) is 13.2 Å². The zero-order chi connectivity index (χ0) is 25.5. The molecule has 11 heteroatoms. The number of alkyl halides is 3. The van der Waals surface area contributed by atoms with E-state index < -0.39 is 17.7 Å². The Bertz CT molecular complexity index is 1300. The average Bonchev–Trinajstić information content (AvgIpc) is 3.19. The fourth-order valence-corrected chi connectivity index (χ4v) is 5.00. The molecular weight excluding hydrogens is 506 g/mol. The Kier molecular flexibility index (Phi) is 7.02. The van der Waals surface area contributed by atoms with Crippen molar-refractivity contribution in [1.82, 2.24) is 14.7 Å². The van der Waals surface area contributed by atoms with Crippen molar-refractivity contribution >= 4 is 46.0 Å². The molecule has 2 heterocycles. The summed E-state index contributed by atoms with van der Waals surface area (Å²) in [6.45, 7) is 2.48. The molecule has 6 nitrogen and oxygen atoms in total. The maximum Gasteiger partial charge on any atom is 0.416 e. The Morgan fingerprint density at radius 2 is 1.86 bits per heavy atom. The molecule has 0 saturated carbocycles. The molecule has 186 valence electrons. The Morgan fingerprint density at radius 3 is 2.49 bits per heavy atom. The Labute approximate surface area is 209 Å². The highest BCUT2D eigenvalue weighted by Crippen LogP contribution is 2.34. The number of benzene rings is 2. The SMILES string of the molecule is Cc1cc(C(F)(F)F)cc2cn(Cc3c(Cl)ccc(C(=O)N4CCC(CC(=O)O)CC4)c3Cl)nc12. The standard InChI is InChI=1S/C24H22Cl2F3N3O3/c1-13-8-16(24(27,28)29)10-15-11-32(30-22(13)15)12-18-19(25)3-2-17(21(18)26)23(35)31-6-4-14(5-7-31)9-20(33)34/h2-3,8,10-11,14H,4-7,9,12H2,1H3,(H,33,34). The van der Waals surface area contributed by atoms with Crippen molar-refractivity contribution in [2.45, 2.75) is 38.9 Å². The zero-order valence-corrected chi connectivity index (χ0v) is 20.2. The summed E-state index contributed by atoms with van der Waals surface area (Å²) in [4.78, 5) is 25.7. The number of rotatable bonds is 5. The lowest BCUT2D eigenvalue weighted by Crippen LogP contribution is -2.39. The van der Waals surface area contributed by atoms with Crippen LogP contribution in [-0.2, 0) is 17.5 Å². The van der Waals surface area contributed by atoms with Gasteiger partial charge in [-0.2, -0.15) is 18.3 Å². The van der Waals surface area contributed by atoms with E-state index in [1.807, 2.05) is 0 Å². The van der Waals surface area contributed by atoms with E-state index in [0.29, 0.717) is 53.0 Å². The molecule has 2 aromatic carbocycles. The van der Waals surface area contributed by atoms with Gasteiger partial charge in [0.05, 0.1) is 28.2 Å². The fraction of sp³-hybridized carbons (Fsp3) is 0.375. The summed E-state index contributed by atoms with van der Waals surface area (Å²) in [6.07, 6.45) is -1.71. The second kappa shape index (κ2) is 9.70. The molecular formula is C24H22Cl2F3N3O3. The number of aromatic nitrogens is 2. The molecule has 1 saturated heterocycles. The van der Waals surface area contributed by atoms with Crippen LogP contribution in [0.15, 0.2) is 30.5 Å². The van der Waals surface area contributed by atoms with Gasteiger partial charge >= 0.3 is 12.1 Å². The number of carboxylic acids is 1. The maximum atomic E-state index is 13.2. The van der Waals surface area contributed by atoms with Gasteiger partial charge in [0.1, 0.15) is 0 Å². The molecule has 1 N–H and O–H groups in total. The average molecular weight is 528 g/mol. The first-order valence-corrected chi connectivity index (χ1v) is 11.7. The molecule has 0 spiro atoms. The quantitative estimate of drug-likeness (QED) is 0.438. The summed E-state index contributed by atoms with van der Waals surface area (Å²) in [5, 5.41) is 14.2. The summed E-state index contributed by atoms with van der Waals surface area (Å²) < 4.78 is 41.0. The van der Waals surface area contributed by atoms with Gasteiger partial charge in [0.25, 0.3) is 5.91 Å². The molecule has 0 radical (unpaired) electrons. The molecule has 0 bridgehead atoms. The Morgan fingerprint density at radius 1 is 1.17 bits per heavy atom. The van der Waals surface area contributed by atoms with Crippen LogP contribution < -0.4 is 0 Å². The zero-order valence-electron chi connectivity index (χ0n) is 18.7. The first kappa shape index (κ1) is 25.3. The van der Waals surface area contributed by atoms with E-state index in [1.165, 1.54) is 10.9 Å². The number of aryl methyl sites for hydroxylation is 1. The summed E-state index contributed by atoms with van der Waals surface area (Å²) in [5.74, 6) is -1.10. The number of carbonyl (C=O) groups is 2. The highest BCUT2D eigenvalue weighted by molar-refractivity contribution is 6.38. The predicted molar refractivity (Wildman–Crippen MR) is 126 cm³/mol. The van der Waals surface area contributed by atoms with Crippen molar-refractivity contribution in [3.05, 3.63) is 62.8 Å². The number of aliphatic carboxylic acids is 1. The van der Waals surface area contributed by atoms with Gasteiger partial charge in [-0.3, -0.25) is 14.3 Å². The van der Waals surface area contributed by atoms with Crippen LogP contribution in [0.1, 0.15) is 46.3 Å². The summed E-state index contributed by atoms with van der Waals surface area (Å²) in [5.41, 5.74) is 0.761. The molecule has 1 amide bonds. The number of carboxylic acid groups (broad SMARTS) is 1. The van der Waals surface area contributed by atoms with Crippen LogP contribution in [0.25, 0.3) is 10.9 Å². The largest absolute Gasteiger partial charge is 0.481 e. The molecule has 0 unspecified atom stereocenters. The van der Waals surface area contributed by atoms with E-state index in [4.69, 9.17) is 28.3 Å². The van der Waals surface area contributed by atoms with Gasteiger partial charge in [-0.1, -0.05) is 23.2 Å². The summed E-state index contributed by atoms with van der Waals surface area (Å²) >= 11 is 13.0. The molecule has 4 rings (SSSR count). The van der Waals surface area contributed by atoms with Crippen molar-refractivity contribution < 1.29 is 27.9 Å². The topological polar surface area (TPSA) is 75.4 Å². The van der Waals surface area contributed by atoms with E-state index >= 15 is 0 Å². The molecule has 3 aromatic rings. The van der Waals surface area contributed by atoms with Crippen LogP contribution in [0.3, 0.4) is 0 Å². The van der Waals surface area contributed by atoms with Gasteiger partial charge in [0.2, 0.25) is 0 Å². The van der Waals surface area contributed by atoms with E-state index in [2.05, 4.69) is 5.10 Å². The summed E-state index contributed by atoms with van der Waals surface area (Å²) in [7, 11) is 0. The molecule has 1 fully saturated rings. The van der Waals surface area contributed by atoms with Crippen LogP contribution in [0.2, 0.25) is 10.0 Å². The van der Waals surface area contributed by atoms with Gasteiger partial charge in [-0.05, 0) is 55.5 Å². The minimum absolute atomic E-state index is 0.0306. The number of piperidine rings is 1. The number of likely N-dealkylation sites (tertiary alicyclic amines) is 1. The lowest BCUT2D eigenvalue weighted by molar-refractivity contribution is -0.139. The van der Waals surface area contributed by atoms with Crippen molar-refractivity contribution in [3.63, 3.8) is 0 Å². The van der Waals surface area contributed by atoms with Crippen LogP contribution in [0, 0.1) is 12.8 Å². The normalized spacial score (nSPS) is 15.1. The van der Waals surface area contributed by atoms with E-state index in [-0.39, 0.29) is 35.4 Å². The monoisotopic (exact) mass is 527 g/mol. The minimum Gasteiger partial charge on any atom is -0.481 e. The lowest BCUT2D eigenvalue weighted by Gasteiger charge is -2.31. The third-order valence-corrected chi connectivity index (χ3v) is 7.06. The van der Waals surface area contributed by atoms with E-state index in [1.54, 1.807) is 24.0 Å². The van der Waals surface area contributed by atoms with E-state index in [0.717, 1.165) is 12.1 Å². The first-order valence-electron chi connectivity index (χ1n) is 11.0. The van der Waals surface area contributed by atoms with Gasteiger partial charge in [-0.25, -0.2) is 0 Å². The number of nitrogens with zero attached hydrogens (tertiary/aromatic N) is 3. The number of hydrogen-bond acceptors (Lipinski definition) is 3. The number of carbonyl (C=O) groups excluding carboxylic acids is 1. The molecule has 1 aromatic heterocycles. The number of hydrogen-bond donors (Lipinski definition) is 1. The molecule has 35 heavy (non-hydrogen) atoms. The van der Waals surface area contributed by atoms with Crippen molar-refractivity contribution in [2.75, 3.05) is 13.1 Å². The fourth-order valence-electron chi connectivity index (χ4n) is 4.43. The molecule has 1 aliphatic rings. The van der Waals surface area contributed by atoms with Crippen molar-refractivity contribution in [3.8, 4) is 0 Å².